The Kier molecular flexibility index (Phi) is 9.58. The highest BCUT2D eigenvalue weighted by Crippen LogP contribution is 2.29. The first-order chi connectivity index (χ1) is 13.6. The van der Waals surface area contributed by atoms with Crippen molar-refractivity contribution in [1.82, 2.24) is 20.6 Å². The number of rotatable bonds is 6. The molecule has 0 fully saturated rings. The van der Waals surface area contributed by atoms with E-state index in [0.717, 1.165) is 24.4 Å². The van der Waals surface area contributed by atoms with Gasteiger partial charge in [-0.2, -0.15) is 26.3 Å². The van der Waals surface area contributed by atoms with E-state index in [1.54, 1.807) is 0 Å². The van der Waals surface area contributed by atoms with Crippen LogP contribution in [0, 0.1) is 0 Å². The molecule has 2 rings (SSSR count). The highest BCUT2D eigenvalue weighted by Gasteiger charge is 2.32. The fourth-order valence-corrected chi connectivity index (χ4v) is 2.17. The SMILES string of the molecule is CN=C(NCCNc1nccc(C(F)(F)F)n1)NCc1ccc(C(F)(F)F)cc1.I. The minimum Gasteiger partial charge on any atom is -0.355 e. The summed E-state index contributed by atoms with van der Waals surface area (Å²) in [6.07, 6.45) is -7.93. The van der Waals surface area contributed by atoms with Gasteiger partial charge in [-0.1, -0.05) is 12.1 Å². The summed E-state index contributed by atoms with van der Waals surface area (Å²) in [6.45, 7) is 0.733. The Morgan fingerprint density at radius 3 is 2.17 bits per heavy atom. The molecule has 30 heavy (non-hydrogen) atoms. The van der Waals surface area contributed by atoms with Gasteiger partial charge in [-0.05, 0) is 23.8 Å². The van der Waals surface area contributed by atoms with Crippen LogP contribution in [0.5, 0.6) is 0 Å². The van der Waals surface area contributed by atoms with Gasteiger partial charge in [0.2, 0.25) is 5.95 Å². The summed E-state index contributed by atoms with van der Waals surface area (Å²) in [4.78, 5) is 11.1. The Hall–Kier alpha value is -2.32. The van der Waals surface area contributed by atoms with Crippen LogP contribution in [-0.2, 0) is 18.9 Å². The first kappa shape index (κ1) is 25.7. The van der Waals surface area contributed by atoms with Crippen molar-refractivity contribution in [3.05, 3.63) is 53.3 Å². The maximum Gasteiger partial charge on any atom is 0.433 e. The predicted octanol–water partition coefficient (Wildman–Crippen LogP) is 3.91. The molecule has 0 saturated carbocycles. The molecule has 0 radical (unpaired) electrons. The number of guanidine groups is 1. The van der Waals surface area contributed by atoms with E-state index in [1.165, 1.54) is 19.2 Å². The fraction of sp³-hybridized carbons (Fsp3) is 0.353. The topological polar surface area (TPSA) is 74.2 Å². The molecular formula is C17H19F6IN6. The van der Waals surface area contributed by atoms with Crippen molar-refractivity contribution < 1.29 is 26.3 Å². The molecule has 0 saturated heterocycles. The Morgan fingerprint density at radius 1 is 0.933 bits per heavy atom. The van der Waals surface area contributed by atoms with Crippen LogP contribution >= 0.6 is 24.0 Å². The van der Waals surface area contributed by atoms with Gasteiger partial charge in [0, 0.05) is 32.9 Å². The Balaban J connectivity index is 0.00000450. The smallest absolute Gasteiger partial charge is 0.355 e. The van der Waals surface area contributed by atoms with Gasteiger partial charge in [0.1, 0.15) is 5.69 Å². The second-order valence-corrected chi connectivity index (χ2v) is 5.74. The van der Waals surface area contributed by atoms with Crippen molar-refractivity contribution in [3.8, 4) is 0 Å². The minimum absolute atomic E-state index is 0. The third-order valence-electron chi connectivity index (χ3n) is 3.61. The van der Waals surface area contributed by atoms with E-state index in [0.29, 0.717) is 11.5 Å². The first-order valence-electron chi connectivity index (χ1n) is 8.34. The molecule has 0 aliphatic heterocycles. The number of benzene rings is 1. The molecular weight excluding hydrogens is 529 g/mol. The summed E-state index contributed by atoms with van der Waals surface area (Å²) in [5.41, 5.74) is -1.15. The fourth-order valence-electron chi connectivity index (χ4n) is 2.17. The monoisotopic (exact) mass is 548 g/mol. The molecule has 0 atom stereocenters. The number of nitrogens with zero attached hydrogens (tertiary/aromatic N) is 3. The Labute approximate surface area is 185 Å². The number of halogens is 7. The molecule has 0 bridgehead atoms. The van der Waals surface area contributed by atoms with E-state index in [-0.39, 0.29) is 49.6 Å². The molecule has 1 aromatic carbocycles. The van der Waals surface area contributed by atoms with Gasteiger partial charge in [-0.3, -0.25) is 4.99 Å². The number of hydrogen-bond donors (Lipinski definition) is 3. The van der Waals surface area contributed by atoms with Crippen molar-refractivity contribution in [1.29, 1.82) is 0 Å². The molecule has 13 heteroatoms. The van der Waals surface area contributed by atoms with E-state index in [2.05, 4.69) is 30.9 Å². The number of anilines is 1. The molecule has 0 amide bonds. The maximum atomic E-state index is 12.6. The molecule has 3 N–H and O–H groups in total. The number of hydrogen-bond acceptors (Lipinski definition) is 4. The highest BCUT2D eigenvalue weighted by atomic mass is 127. The van der Waals surface area contributed by atoms with Gasteiger partial charge >= 0.3 is 12.4 Å². The van der Waals surface area contributed by atoms with Gasteiger partial charge in [-0.25, -0.2) is 9.97 Å². The lowest BCUT2D eigenvalue weighted by molar-refractivity contribution is -0.141. The third kappa shape index (κ3) is 8.20. The first-order valence-corrected chi connectivity index (χ1v) is 8.34. The van der Waals surface area contributed by atoms with Crippen molar-refractivity contribution in [3.63, 3.8) is 0 Å². The van der Waals surface area contributed by atoms with Crippen LogP contribution in [0.25, 0.3) is 0 Å². The average Bonchev–Trinajstić information content (AvgIpc) is 2.66. The molecule has 2 aromatic rings. The summed E-state index contributed by atoms with van der Waals surface area (Å²) in [5.74, 6) is 0.214. The van der Waals surface area contributed by atoms with Crippen molar-refractivity contribution in [2.24, 2.45) is 4.99 Å². The molecule has 6 nitrogen and oxygen atoms in total. The van der Waals surface area contributed by atoms with Gasteiger partial charge in [0.25, 0.3) is 0 Å². The zero-order chi connectivity index (χ0) is 21.5. The lowest BCUT2D eigenvalue weighted by atomic mass is 10.1. The number of nitrogens with one attached hydrogen (secondary N) is 3. The number of alkyl halides is 6. The quantitative estimate of drug-likeness (QED) is 0.168. The second-order valence-electron chi connectivity index (χ2n) is 5.74. The van der Waals surface area contributed by atoms with Gasteiger partial charge in [0.05, 0.1) is 5.56 Å². The summed E-state index contributed by atoms with van der Waals surface area (Å²) >= 11 is 0. The van der Waals surface area contributed by atoms with Crippen molar-refractivity contribution in [2.45, 2.75) is 18.9 Å². The summed E-state index contributed by atoms with van der Waals surface area (Å²) < 4.78 is 75.5. The van der Waals surface area contributed by atoms with E-state index in [4.69, 9.17) is 0 Å². The van der Waals surface area contributed by atoms with Gasteiger partial charge in [-0.15, -0.1) is 24.0 Å². The summed E-state index contributed by atoms with van der Waals surface area (Å²) in [5, 5.41) is 8.49. The Bertz CT molecular complexity index is 823. The van der Waals surface area contributed by atoms with Crippen LogP contribution < -0.4 is 16.0 Å². The molecule has 1 aromatic heterocycles. The average molecular weight is 548 g/mol. The molecule has 0 aliphatic rings. The second kappa shape index (κ2) is 11.2. The number of aliphatic imine (C=N–C) groups is 1. The normalized spacial score (nSPS) is 12.2. The lowest BCUT2D eigenvalue weighted by Gasteiger charge is -2.13. The van der Waals surface area contributed by atoms with E-state index in [9.17, 15) is 26.3 Å². The predicted molar refractivity (Wildman–Crippen MR) is 111 cm³/mol. The van der Waals surface area contributed by atoms with Gasteiger partial charge < -0.3 is 16.0 Å². The third-order valence-corrected chi connectivity index (χ3v) is 3.61. The van der Waals surface area contributed by atoms with Crippen LogP contribution in [0.3, 0.4) is 0 Å². The van der Waals surface area contributed by atoms with Crippen LogP contribution in [-0.4, -0.2) is 36.1 Å². The molecule has 1 heterocycles. The van der Waals surface area contributed by atoms with E-state index < -0.39 is 23.6 Å². The van der Waals surface area contributed by atoms with Crippen molar-refractivity contribution in [2.75, 3.05) is 25.5 Å². The number of aromatic nitrogens is 2. The summed E-state index contributed by atoms with van der Waals surface area (Å²) in [6, 6.07) is 5.47. The molecule has 0 aliphatic carbocycles. The van der Waals surface area contributed by atoms with Crippen LogP contribution in [0.1, 0.15) is 16.8 Å². The molecule has 0 unspecified atom stereocenters. The van der Waals surface area contributed by atoms with E-state index >= 15 is 0 Å². The zero-order valence-electron chi connectivity index (χ0n) is 15.6. The molecule has 0 spiro atoms. The lowest BCUT2D eigenvalue weighted by Crippen LogP contribution is -2.39. The molecule has 166 valence electrons. The van der Waals surface area contributed by atoms with Crippen LogP contribution in [0.15, 0.2) is 41.5 Å². The standard InChI is InChI=1S/C17H18F6N6.HI/c1-24-14(28-10-11-2-4-12(5-3-11)16(18,19)20)26-8-9-27-15-25-7-6-13(29-15)17(21,22)23;/h2-7H,8-10H2,1H3,(H2,24,26,28)(H,25,27,29);1H. The zero-order valence-corrected chi connectivity index (χ0v) is 17.9. The van der Waals surface area contributed by atoms with E-state index in [1.807, 2.05) is 0 Å². The van der Waals surface area contributed by atoms with Gasteiger partial charge in [0.15, 0.2) is 5.96 Å². The van der Waals surface area contributed by atoms with Crippen LogP contribution in [0.2, 0.25) is 0 Å². The Morgan fingerprint density at radius 2 is 1.60 bits per heavy atom. The van der Waals surface area contributed by atoms with Crippen LogP contribution in [0.4, 0.5) is 32.3 Å². The largest absolute Gasteiger partial charge is 0.433 e. The minimum atomic E-state index is -4.55. The maximum absolute atomic E-state index is 12.6. The summed E-state index contributed by atoms with van der Waals surface area (Å²) in [7, 11) is 1.51. The van der Waals surface area contributed by atoms with Crippen molar-refractivity contribution >= 4 is 35.9 Å². The highest BCUT2D eigenvalue weighted by molar-refractivity contribution is 14.0.